The Labute approximate surface area is 127 Å². The number of aryl methyl sites for hydroxylation is 1. The molecule has 0 saturated heterocycles. The predicted octanol–water partition coefficient (Wildman–Crippen LogP) is 2.83. The summed E-state index contributed by atoms with van der Waals surface area (Å²) in [5.74, 6) is 0. The Hall–Kier alpha value is -1.62. The van der Waals surface area contributed by atoms with Crippen molar-refractivity contribution in [1.82, 2.24) is 24.6 Å². The van der Waals surface area contributed by atoms with Gasteiger partial charge in [-0.05, 0) is 40.7 Å². The fourth-order valence-corrected chi connectivity index (χ4v) is 2.61. The minimum atomic E-state index is 0.421. The van der Waals surface area contributed by atoms with Gasteiger partial charge < -0.3 is 9.88 Å². The minimum Gasteiger partial charge on any atom is -0.330 e. The summed E-state index contributed by atoms with van der Waals surface area (Å²) >= 11 is 0. The normalized spacial score (nSPS) is 11.5. The van der Waals surface area contributed by atoms with Crippen LogP contribution in [0.2, 0.25) is 0 Å². The Morgan fingerprint density at radius 1 is 1.29 bits per heavy atom. The molecule has 2 aromatic heterocycles. The van der Waals surface area contributed by atoms with Crippen LogP contribution < -0.4 is 5.32 Å². The van der Waals surface area contributed by atoms with Crippen LogP contribution >= 0.6 is 0 Å². The van der Waals surface area contributed by atoms with Gasteiger partial charge >= 0.3 is 0 Å². The molecule has 116 valence electrons. The number of aromatic nitrogens is 4. The zero-order chi connectivity index (χ0) is 15.4. The van der Waals surface area contributed by atoms with E-state index in [-0.39, 0.29) is 0 Å². The van der Waals surface area contributed by atoms with Crippen molar-refractivity contribution in [2.24, 2.45) is 0 Å². The standard InChI is InChI=1S/C16H27N5/c1-6-7-17-9-16-13(4)19-21(14(16)5)10-15-8-18-11-20(15)12(2)3/h8,11-12,17H,6-7,9-10H2,1-5H3. The molecule has 0 spiro atoms. The largest absolute Gasteiger partial charge is 0.330 e. The minimum absolute atomic E-state index is 0.421. The molecule has 0 radical (unpaired) electrons. The van der Waals surface area contributed by atoms with Gasteiger partial charge in [0.15, 0.2) is 0 Å². The van der Waals surface area contributed by atoms with E-state index in [1.807, 2.05) is 12.5 Å². The molecular formula is C16H27N5. The molecule has 0 atom stereocenters. The lowest BCUT2D eigenvalue weighted by Gasteiger charge is -2.12. The molecule has 0 aliphatic heterocycles. The van der Waals surface area contributed by atoms with Crippen LogP contribution in [-0.2, 0) is 13.1 Å². The second-order valence-corrected chi connectivity index (χ2v) is 5.87. The van der Waals surface area contributed by atoms with Gasteiger partial charge in [0.05, 0.1) is 30.5 Å². The molecule has 0 aliphatic rings. The van der Waals surface area contributed by atoms with E-state index in [0.717, 1.165) is 31.7 Å². The smallest absolute Gasteiger partial charge is 0.0951 e. The highest BCUT2D eigenvalue weighted by Gasteiger charge is 2.13. The molecule has 0 unspecified atom stereocenters. The van der Waals surface area contributed by atoms with E-state index in [1.165, 1.54) is 17.0 Å². The van der Waals surface area contributed by atoms with Crippen molar-refractivity contribution in [1.29, 1.82) is 0 Å². The Morgan fingerprint density at radius 2 is 2.05 bits per heavy atom. The molecule has 2 heterocycles. The molecular weight excluding hydrogens is 262 g/mol. The summed E-state index contributed by atoms with van der Waals surface area (Å²) in [5, 5.41) is 8.16. The van der Waals surface area contributed by atoms with Crippen LogP contribution in [0.15, 0.2) is 12.5 Å². The Morgan fingerprint density at radius 3 is 2.71 bits per heavy atom. The third-order valence-corrected chi connectivity index (χ3v) is 3.87. The highest BCUT2D eigenvalue weighted by molar-refractivity contribution is 5.25. The van der Waals surface area contributed by atoms with Gasteiger partial charge in [0, 0.05) is 23.8 Å². The molecule has 2 aromatic rings. The maximum atomic E-state index is 4.70. The lowest BCUT2D eigenvalue weighted by Crippen LogP contribution is -2.15. The molecule has 21 heavy (non-hydrogen) atoms. The highest BCUT2D eigenvalue weighted by atomic mass is 15.3. The third kappa shape index (κ3) is 3.53. The third-order valence-electron chi connectivity index (χ3n) is 3.87. The van der Waals surface area contributed by atoms with E-state index in [4.69, 9.17) is 5.10 Å². The van der Waals surface area contributed by atoms with Gasteiger partial charge in [-0.2, -0.15) is 5.10 Å². The second kappa shape index (κ2) is 6.89. The van der Waals surface area contributed by atoms with E-state index in [9.17, 15) is 0 Å². The first-order valence-electron chi connectivity index (χ1n) is 7.78. The van der Waals surface area contributed by atoms with Crippen LogP contribution in [0.25, 0.3) is 0 Å². The first-order valence-corrected chi connectivity index (χ1v) is 7.78. The molecule has 0 bridgehead atoms. The number of hydrogen-bond donors (Lipinski definition) is 1. The van der Waals surface area contributed by atoms with E-state index in [0.29, 0.717) is 6.04 Å². The molecule has 0 amide bonds. The molecule has 1 N–H and O–H groups in total. The summed E-state index contributed by atoms with van der Waals surface area (Å²) in [6.07, 6.45) is 4.99. The quantitative estimate of drug-likeness (QED) is 0.797. The summed E-state index contributed by atoms with van der Waals surface area (Å²) in [6, 6.07) is 0.421. The van der Waals surface area contributed by atoms with Gasteiger partial charge in [0.1, 0.15) is 0 Å². The van der Waals surface area contributed by atoms with Gasteiger partial charge in [-0.25, -0.2) is 4.98 Å². The van der Waals surface area contributed by atoms with Crippen molar-refractivity contribution < 1.29 is 0 Å². The van der Waals surface area contributed by atoms with Crippen LogP contribution in [0.5, 0.6) is 0 Å². The fraction of sp³-hybridized carbons (Fsp3) is 0.625. The molecule has 0 aliphatic carbocycles. The molecule has 5 nitrogen and oxygen atoms in total. The lowest BCUT2D eigenvalue weighted by molar-refractivity contribution is 0.542. The summed E-state index contributed by atoms with van der Waals surface area (Å²) in [7, 11) is 0. The van der Waals surface area contributed by atoms with Crippen molar-refractivity contribution >= 4 is 0 Å². The van der Waals surface area contributed by atoms with Gasteiger partial charge in [0.2, 0.25) is 0 Å². The van der Waals surface area contributed by atoms with Crippen molar-refractivity contribution in [3.8, 4) is 0 Å². The van der Waals surface area contributed by atoms with Gasteiger partial charge in [0.25, 0.3) is 0 Å². The number of imidazole rings is 1. The Kier molecular flexibility index (Phi) is 5.17. The summed E-state index contributed by atoms with van der Waals surface area (Å²) in [5.41, 5.74) is 4.88. The van der Waals surface area contributed by atoms with Gasteiger partial charge in [-0.1, -0.05) is 6.92 Å². The SMILES string of the molecule is CCCNCc1c(C)nn(Cc2cncn2C(C)C)c1C. The van der Waals surface area contributed by atoms with Gasteiger partial charge in [-0.3, -0.25) is 4.68 Å². The highest BCUT2D eigenvalue weighted by Crippen LogP contribution is 2.16. The number of nitrogens with one attached hydrogen (secondary N) is 1. The monoisotopic (exact) mass is 289 g/mol. The molecule has 0 fully saturated rings. The summed E-state index contributed by atoms with van der Waals surface area (Å²) < 4.78 is 4.29. The fourth-order valence-electron chi connectivity index (χ4n) is 2.61. The zero-order valence-corrected chi connectivity index (χ0v) is 13.8. The zero-order valence-electron chi connectivity index (χ0n) is 13.8. The van der Waals surface area contributed by atoms with E-state index in [1.54, 1.807) is 0 Å². The van der Waals surface area contributed by atoms with Crippen LogP contribution in [-0.4, -0.2) is 25.9 Å². The second-order valence-electron chi connectivity index (χ2n) is 5.87. The molecule has 2 rings (SSSR count). The number of rotatable bonds is 7. The topological polar surface area (TPSA) is 47.7 Å². The van der Waals surface area contributed by atoms with E-state index < -0.39 is 0 Å². The lowest BCUT2D eigenvalue weighted by atomic mass is 10.2. The molecule has 0 aromatic carbocycles. The number of hydrogen-bond acceptors (Lipinski definition) is 3. The van der Waals surface area contributed by atoms with Crippen molar-refractivity contribution in [2.75, 3.05) is 6.54 Å². The first kappa shape index (κ1) is 15.8. The molecule has 5 heteroatoms. The maximum Gasteiger partial charge on any atom is 0.0951 e. The summed E-state index contributed by atoms with van der Waals surface area (Å²) in [6.45, 7) is 13.5. The first-order chi connectivity index (χ1) is 10.0. The van der Waals surface area contributed by atoms with Crippen LogP contribution in [0, 0.1) is 13.8 Å². The van der Waals surface area contributed by atoms with Crippen molar-refractivity contribution in [3.63, 3.8) is 0 Å². The summed E-state index contributed by atoms with van der Waals surface area (Å²) in [4.78, 5) is 4.27. The van der Waals surface area contributed by atoms with E-state index in [2.05, 4.69) is 54.2 Å². The van der Waals surface area contributed by atoms with Crippen LogP contribution in [0.1, 0.15) is 55.9 Å². The predicted molar refractivity (Wildman–Crippen MR) is 85.4 cm³/mol. The Balaban J connectivity index is 2.17. The maximum absolute atomic E-state index is 4.70. The Bertz CT molecular complexity index is 580. The van der Waals surface area contributed by atoms with Crippen molar-refractivity contribution in [3.05, 3.63) is 35.2 Å². The average Bonchev–Trinajstić information content (AvgIpc) is 2.99. The van der Waals surface area contributed by atoms with E-state index >= 15 is 0 Å². The van der Waals surface area contributed by atoms with Gasteiger partial charge in [-0.15, -0.1) is 0 Å². The van der Waals surface area contributed by atoms with Crippen LogP contribution in [0.4, 0.5) is 0 Å². The average molecular weight is 289 g/mol. The molecule has 0 saturated carbocycles. The van der Waals surface area contributed by atoms with Crippen molar-refractivity contribution in [2.45, 2.75) is 60.2 Å². The number of nitrogens with zero attached hydrogens (tertiary/aromatic N) is 4. The van der Waals surface area contributed by atoms with Crippen LogP contribution in [0.3, 0.4) is 0 Å².